The standard InChI is InChI=1S/C19H18NO3P/c21-24(22,23)19(16-10-4-1-5-11-16)20(17-12-6-2-7-13-17)18-14-8-3-9-15-18/h1-15,19H,(H2,21,22,23). The van der Waals surface area contributed by atoms with E-state index in [1.54, 1.807) is 29.2 Å². The predicted molar refractivity (Wildman–Crippen MR) is 96.3 cm³/mol. The molecule has 0 amide bonds. The van der Waals surface area contributed by atoms with Crippen LogP contribution in [0.3, 0.4) is 0 Å². The van der Waals surface area contributed by atoms with Crippen molar-refractivity contribution in [2.24, 2.45) is 0 Å². The van der Waals surface area contributed by atoms with Gasteiger partial charge in [0.1, 0.15) is 0 Å². The summed E-state index contributed by atoms with van der Waals surface area (Å²) in [5.74, 6) is -1.09. The zero-order valence-electron chi connectivity index (χ0n) is 12.9. The average molecular weight is 339 g/mol. The van der Waals surface area contributed by atoms with Crippen LogP contribution in [-0.2, 0) is 4.57 Å². The van der Waals surface area contributed by atoms with Crippen molar-refractivity contribution in [2.45, 2.75) is 5.78 Å². The van der Waals surface area contributed by atoms with E-state index in [0.29, 0.717) is 5.56 Å². The van der Waals surface area contributed by atoms with Crippen molar-refractivity contribution >= 4 is 19.0 Å². The van der Waals surface area contributed by atoms with Crippen molar-refractivity contribution in [1.29, 1.82) is 0 Å². The molecule has 3 aromatic rings. The molecule has 24 heavy (non-hydrogen) atoms. The Hall–Kier alpha value is -2.39. The minimum Gasteiger partial charge on any atom is -0.323 e. The molecule has 0 radical (unpaired) electrons. The largest absolute Gasteiger partial charge is 0.352 e. The number of nitrogens with zero attached hydrogens (tertiary/aromatic N) is 1. The molecule has 0 spiro atoms. The van der Waals surface area contributed by atoms with Crippen LogP contribution in [0, 0.1) is 0 Å². The van der Waals surface area contributed by atoms with Gasteiger partial charge in [-0.25, -0.2) is 0 Å². The molecule has 0 saturated carbocycles. The summed E-state index contributed by atoms with van der Waals surface area (Å²) in [4.78, 5) is 21.9. The van der Waals surface area contributed by atoms with Crippen molar-refractivity contribution in [1.82, 2.24) is 0 Å². The second kappa shape index (κ2) is 7.02. The first-order valence-corrected chi connectivity index (χ1v) is 9.25. The van der Waals surface area contributed by atoms with E-state index in [2.05, 4.69) is 0 Å². The minimum atomic E-state index is -4.46. The van der Waals surface area contributed by atoms with Crippen LogP contribution in [0.1, 0.15) is 11.3 Å². The van der Waals surface area contributed by atoms with E-state index in [1.807, 2.05) is 66.7 Å². The second-order valence-electron chi connectivity index (χ2n) is 5.41. The van der Waals surface area contributed by atoms with Crippen LogP contribution in [-0.4, -0.2) is 9.79 Å². The molecule has 0 aliphatic heterocycles. The van der Waals surface area contributed by atoms with Gasteiger partial charge in [0.15, 0.2) is 5.78 Å². The maximum absolute atomic E-state index is 12.4. The predicted octanol–water partition coefficient (Wildman–Crippen LogP) is 4.70. The van der Waals surface area contributed by atoms with Gasteiger partial charge in [0.05, 0.1) is 0 Å². The lowest BCUT2D eigenvalue weighted by Crippen LogP contribution is -2.24. The van der Waals surface area contributed by atoms with Crippen LogP contribution in [0.25, 0.3) is 0 Å². The molecular weight excluding hydrogens is 321 g/mol. The van der Waals surface area contributed by atoms with E-state index >= 15 is 0 Å². The molecule has 0 saturated heterocycles. The Morgan fingerprint density at radius 2 is 1.04 bits per heavy atom. The summed E-state index contributed by atoms with van der Waals surface area (Å²) in [5.41, 5.74) is 2.01. The molecule has 2 N–H and O–H groups in total. The molecule has 0 heterocycles. The van der Waals surface area contributed by atoms with Crippen LogP contribution in [0.2, 0.25) is 0 Å². The summed E-state index contributed by atoms with van der Waals surface area (Å²) >= 11 is 0. The molecule has 0 aliphatic carbocycles. The highest BCUT2D eigenvalue weighted by Gasteiger charge is 2.37. The van der Waals surface area contributed by atoms with E-state index < -0.39 is 13.4 Å². The van der Waals surface area contributed by atoms with Gasteiger partial charge in [0.2, 0.25) is 0 Å². The fourth-order valence-electron chi connectivity index (χ4n) is 2.73. The molecule has 3 rings (SSSR count). The molecule has 122 valence electrons. The van der Waals surface area contributed by atoms with Crippen molar-refractivity contribution < 1.29 is 14.4 Å². The Labute approximate surface area is 141 Å². The molecule has 5 heteroatoms. The summed E-state index contributed by atoms with van der Waals surface area (Å²) in [6.45, 7) is 0. The Bertz CT molecular complexity index is 780. The monoisotopic (exact) mass is 339 g/mol. The van der Waals surface area contributed by atoms with Gasteiger partial charge in [-0.1, -0.05) is 66.7 Å². The quantitative estimate of drug-likeness (QED) is 0.662. The van der Waals surface area contributed by atoms with Crippen molar-refractivity contribution in [3.8, 4) is 0 Å². The van der Waals surface area contributed by atoms with E-state index in [9.17, 15) is 14.4 Å². The van der Waals surface area contributed by atoms with Crippen LogP contribution in [0.5, 0.6) is 0 Å². The van der Waals surface area contributed by atoms with Gasteiger partial charge >= 0.3 is 7.60 Å². The van der Waals surface area contributed by atoms with Crippen LogP contribution in [0.15, 0.2) is 91.0 Å². The third kappa shape index (κ3) is 3.57. The third-order valence-electron chi connectivity index (χ3n) is 3.73. The molecule has 0 aliphatic rings. The van der Waals surface area contributed by atoms with Gasteiger partial charge < -0.3 is 14.7 Å². The summed E-state index contributed by atoms with van der Waals surface area (Å²) in [5, 5.41) is 0. The molecule has 3 aromatic carbocycles. The Kier molecular flexibility index (Phi) is 4.81. The van der Waals surface area contributed by atoms with Gasteiger partial charge in [-0.15, -0.1) is 0 Å². The summed E-state index contributed by atoms with van der Waals surface area (Å²) in [6.07, 6.45) is 0. The van der Waals surface area contributed by atoms with Crippen LogP contribution < -0.4 is 4.90 Å². The number of para-hydroxylation sites is 2. The van der Waals surface area contributed by atoms with Crippen LogP contribution >= 0.6 is 7.60 Å². The van der Waals surface area contributed by atoms with Gasteiger partial charge in [-0.2, -0.15) is 0 Å². The number of hydrogen-bond donors (Lipinski definition) is 2. The van der Waals surface area contributed by atoms with Gasteiger partial charge in [0, 0.05) is 11.4 Å². The first kappa shape index (κ1) is 16.5. The number of rotatable bonds is 5. The maximum atomic E-state index is 12.4. The van der Waals surface area contributed by atoms with Gasteiger partial charge in [-0.05, 0) is 29.8 Å². The summed E-state index contributed by atoms with van der Waals surface area (Å²) in [7, 11) is -4.46. The molecule has 0 aromatic heterocycles. The van der Waals surface area contributed by atoms with E-state index in [1.165, 1.54) is 0 Å². The summed E-state index contributed by atoms with van der Waals surface area (Å²) < 4.78 is 12.4. The Morgan fingerprint density at radius 3 is 1.42 bits per heavy atom. The summed E-state index contributed by atoms with van der Waals surface area (Å²) in [6, 6.07) is 27.4. The van der Waals surface area contributed by atoms with Crippen molar-refractivity contribution in [3.63, 3.8) is 0 Å². The van der Waals surface area contributed by atoms with E-state index in [4.69, 9.17) is 0 Å². The zero-order chi connectivity index (χ0) is 17.0. The Morgan fingerprint density at radius 1 is 0.667 bits per heavy atom. The normalized spacial score (nSPS) is 12.6. The highest BCUT2D eigenvalue weighted by Crippen LogP contribution is 2.56. The Balaban J connectivity index is 2.21. The molecule has 0 fully saturated rings. The lowest BCUT2D eigenvalue weighted by Gasteiger charge is -2.34. The highest BCUT2D eigenvalue weighted by molar-refractivity contribution is 7.52. The fourth-order valence-corrected chi connectivity index (χ4v) is 3.86. The molecule has 0 bridgehead atoms. The topological polar surface area (TPSA) is 60.8 Å². The first-order chi connectivity index (χ1) is 11.6. The van der Waals surface area contributed by atoms with Gasteiger partial charge in [-0.3, -0.25) is 4.57 Å². The van der Waals surface area contributed by atoms with Crippen molar-refractivity contribution in [3.05, 3.63) is 96.6 Å². The average Bonchev–Trinajstić information content (AvgIpc) is 2.61. The lowest BCUT2D eigenvalue weighted by molar-refractivity contribution is 0.359. The molecule has 1 atom stereocenters. The number of anilines is 2. The third-order valence-corrected chi connectivity index (χ3v) is 4.90. The SMILES string of the molecule is O=P(O)(O)C(c1ccccc1)N(c1ccccc1)c1ccccc1. The number of hydrogen-bond acceptors (Lipinski definition) is 2. The van der Waals surface area contributed by atoms with Crippen LogP contribution in [0.4, 0.5) is 11.4 Å². The second-order valence-corrected chi connectivity index (χ2v) is 7.08. The number of benzene rings is 3. The zero-order valence-corrected chi connectivity index (χ0v) is 13.8. The van der Waals surface area contributed by atoms with E-state index in [-0.39, 0.29) is 0 Å². The van der Waals surface area contributed by atoms with Gasteiger partial charge in [0.25, 0.3) is 0 Å². The molecule has 1 unspecified atom stereocenters. The van der Waals surface area contributed by atoms with Crippen molar-refractivity contribution in [2.75, 3.05) is 4.90 Å². The molecule has 4 nitrogen and oxygen atoms in total. The smallest absolute Gasteiger partial charge is 0.323 e. The fraction of sp³-hybridized carbons (Fsp3) is 0.0526. The minimum absolute atomic E-state index is 0.568. The van der Waals surface area contributed by atoms with E-state index in [0.717, 1.165) is 11.4 Å². The highest BCUT2D eigenvalue weighted by atomic mass is 31.2. The lowest BCUT2D eigenvalue weighted by atomic mass is 10.1. The molecular formula is C19H18NO3P. The maximum Gasteiger partial charge on any atom is 0.352 e. The first-order valence-electron chi connectivity index (χ1n) is 7.57.